The average molecular weight is 311 g/mol. The lowest BCUT2D eigenvalue weighted by Crippen LogP contribution is -2.21. The Morgan fingerprint density at radius 1 is 1.00 bits per heavy atom. The number of amides is 2. The van der Waals surface area contributed by atoms with Gasteiger partial charge in [0.15, 0.2) is 0 Å². The third-order valence-electron chi connectivity index (χ3n) is 3.69. The predicted octanol–water partition coefficient (Wildman–Crippen LogP) is 3.71. The topological polar surface area (TPSA) is 71.1 Å². The summed E-state index contributed by atoms with van der Waals surface area (Å²) >= 11 is 0. The van der Waals surface area contributed by atoms with Crippen molar-refractivity contribution in [1.29, 1.82) is 0 Å². The maximum absolute atomic E-state index is 12.1. The van der Waals surface area contributed by atoms with Crippen LogP contribution in [0.3, 0.4) is 0 Å². The van der Waals surface area contributed by atoms with Gasteiger partial charge in [-0.1, -0.05) is 13.8 Å². The van der Waals surface area contributed by atoms with Gasteiger partial charge in [-0.25, -0.2) is 0 Å². The third kappa shape index (κ3) is 4.64. The van der Waals surface area contributed by atoms with E-state index in [1.165, 1.54) is 0 Å². The van der Waals surface area contributed by atoms with Gasteiger partial charge < -0.3 is 10.6 Å². The van der Waals surface area contributed by atoms with Gasteiger partial charge >= 0.3 is 0 Å². The van der Waals surface area contributed by atoms with E-state index in [9.17, 15) is 9.59 Å². The van der Waals surface area contributed by atoms with Crippen LogP contribution in [0.2, 0.25) is 0 Å². The van der Waals surface area contributed by atoms with E-state index in [-0.39, 0.29) is 17.7 Å². The second-order valence-corrected chi connectivity index (χ2v) is 5.28. The van der Waals surface area contributed by atoms with Crippen molar-refractivity contribution < 1.29 is 9.59 Å². The van der Waals surface area contributed by atoms with Crippen LogP contribution in [0.15, 0.2) is 48.8 Å². The Bertz CT molecular complexity index is 650. The van der Waals surface area contributed by atoms with E-state index in [1.807, 2.05) is 13.8 Å². The van der Waals surface area contributed by atoms with Gasteiger partial charge in [-0.3, -0.25) is 14.6 Å². The largest absolute Gasteiger partial charge is 0.326 e. The van der Waals surface area contributed by atoms with Gasteiger partial charge in [0.2, 0.25) is 5.91 Å². The van der Waals surface area contributed by atoms with Crippen LogP contribution in [0.5, 0.6) is 0 Å². The minimum absolute atomic E-state index is 0.0163. The highest BCUT2D eigenvalue weighted by Crippen LogP contribution is 2.15. The SMILES string of the molecule is CCC(CC)C(=O)Nc1ccc(C(=O)Nc2cccnc2)cc1. The molecule has 5 nitrogen and oxygen atoms in total. The Morgan fingerprint density at radius 2 is 1.70 bits per heavy atom. The van der Waals surface area contributed by atoms with E-state index in [1.54, 1.807) is 48.8 Å². The molecule has 2 aromatic rings. The molecule has 1 aromatic carbocycles. The zero-order chi connectivity index (χ0) is 16.7. The van der Waals surface area contributed by atoms with Crippen LogP contribution in [0.1, 0.15) is 37.0 Å². The molecule has 0 aliphatic heterocycles. The predicted molar refractivity (Wildman–Crippen MR) is 91.3 cm³/mol. The summed E-state index contributed by atoms with van der Waals surface area (Å²) < 4.78 is 0. The zero-order valence-electron chi connectivity index (χ0n) is 13.4. The van der Waals surface area contributed by atoms with Crippen molar-refractivity contribution in [3.8, 4) is 0 Å². The number of carbonyl (C=O) groups is 2. The number of rotatable bonds is 6. The number of hydrogen-bond acceptors (Lipinski definition) is 3. The van der Waals surface area contributed by atoms with Crippen molar-refractivity contribution in [3.63, 3.8) is 0 Å². The highest BCUT2D eigenvalue weighted by molar-refractivity contribution is 6.04. The van der Waals surface area contributed by atoms with Crippen LogP contribution in [0, 0.1) is 5.92 Å². The standard InChI is InChI=1S/C18H21N3O2/c1-3-13(4-2)17(22)20-15-9-7-14(8-10-15)18(23)21-16-6-5-11-19-12-16/h5-13H,3-4H2,1-2H3,(H,20,22)(H,21,23). The molecule has 0 fully saturated rings. The molecule has 2 amide bonds. The lowest BCUT2D eigenvalue weighted by molar-refractivity contribution is -0.120. The summed E-state index contributed by atoms with van der Waals surface area (Å²) in [5.41, 5.74) is 1.86. The van der Waals surface area contributed by atoms with E-state index < -0.39 is 0 Å². The third-order valence-corrected chi connectivity index (χ3v) is 3.69. The Labute approximate surface area is 136 Å². The number of nitrogens with zero attached hydrogens (tertiary/aromatic N) is 1. The molecule has 0 aliphatic rings. The summed E-state index contributed by atoms with van der Waals surface area (Å²) in [6, 6.07) is 10.4. The fourth-order valence-electron chi connectivity index (χ4n) is 2.25. The van der Waals surface area contributed by atoms with Gasteiger partial charge in [0.25, 0.3) is 5.91 Å². The number of pyridine rings is 1. The van der Waals surface area contributed by atoms with Crippen LogP contribution in [0.25, 0.3) is 0 Å². The van der Waals surface area contributed by atoms with Crippen LogP contribution >= 0.6 is 0 Å². The molecular formula is C18H21N3O2. The molecule has 2 N–H and O–H groups in total. The molecule has 120 valence electrons. The molecule has 0 bridgehead atoms. The first-order valence-corrected chi connectivity index (χ1v) is 7.76. The summed E-state index contributed by atoms with van der Waals surface area (Å²) in [7, 11) is 0. The lowest BCUT2D eigenvalue weighted by atomic mass is 10.0. The van der Waals surface area contributed by atoms with E-state index in [0.717, 1.165) is 12.8 Å². The molecule has 1 aromatic heterocycles. The second-order valence-electron chi connectivity index (χ2n) is 5.28. The molecule has 23 heavy (non-hydrogen) atoms. The molecule has 5 heteroatoms. The smallest absolute Gasteiger partial charge is 0.255 e. The number of carbonyl (C=O) groups excluding carboxylic acids is 2. The maximum Gasteiger partial charge on any atom is 0.255 e. The Hall–Kier alpha value is -2.69. The van der Waals surface area contributed by atoms with Crippen molar-refractivity contribution in [2.24, 2.45) is 5.92 Å². The number of anilines is 2. The monoisotopic (exact) mass is 311 g/mol. The van der Waals surface area contributed by atoms with Gasteiger partial charge in [0.05, 0.1) is 11.9 Å². The quantitative estimate of drug-likeness (QED) is 0.854. The lowest BCUT2D eigenvalue weighted by Gasteiger charge is -2.13. The van der Waals surface area contributed by atoms with Crippen LogP contribution in [-0.2, 0) is 4.79 Å². The summed E-state index contributed by atoms with van der Waals surface area (Å²) in [4.78, 5) is 28.1. The van der Waals surface area contributed by atoms with Crippen LogP contribution in [-0.4, -0.2) is 16.8 Å². The molecule has 1 heterocycles. The minimum Gasteiger partial charge on any atom is -0.326 e. The molecule has 0 radical (unpaired) electrons. The van der Waals surface area contributed by atoms with Gasteiger partial charge in [-0.15, -0.1) is 0 Å². The number of benzene rings is 1. The summed E-state index contributed by atoms with van der Waals surface area (Å²) in [5.74, 6) is -0.179. The van der Waals surface area contributed by atoms with E-state index >= 15 is 0 Å². The zero-order valence-corrected chi connectivity index (χ0v) is 13.4. The van der Waals surface area contributed by atoms with Crippen molar-refractivity contribution in [2.75, 3.05) is 10.6 Å². The molecule has 0 saturated carbocycles. The Balaban J connectivity index is 1.99. The van der Waals surface area contributed by atoms with Crippen LogP contribution < -0.4 is 10.6 Å². The van der Waals surface area contributed by atoms with Gasteiger partial charge in [0.1, 0.15) is 0 Å². The molecule has 2 rings (SSSR count). The summed E-state index contributed by atoms with van der Waals surface area (Å²) in [5, 5.41) is 5.65. The fourth-order valence-corrected chi connectivity index (χ4v) is 2.25. The van der Waals surface area contributed by atoms with E-state index in [4.69, 9.17) is 0 Å². The molecule has 0 unspecified atom stereocenters. The first kappa shape index (κ1) is 16.7. The second kappa shape index (κ2) is 8.08. The number of aromatic nitrogens is 1. The number of nitrogens with one attached hydrogen (secondary N) is 2. The highest BCUT2D eigenvalue weighted by Gasteiger charge is 2.14. The van der Waals surface area contributed by atoms with Crippen molar-refractivity contribution in [3.05, 3.63) is 54.4 Å². The van der Waals surface area contributed by atoms with E-state index in [0.29, 0.717) is 16.9 Å². The van der Waals surface area contributed by atoms with Crippen LogP contribution in [0.4, 0.5) is 11.4 Å². The highest BCUT2D eigenvalue weighted by atomic mass is 16.2. The normalized spacial score (nSPS) is 10.4. The number of hydrogen-bond donors (Lipinski definition) is 2. The average Bonchev–Trinajstić information content (AvgIpc) is 2.57. The molecular weight excluding hydrogens is 290 g/mol. The molecule has 0 spiro atoms. The van der Waals surface area contributed by atoms with E-state index in [2.05, 4.69) is 15.6 Å². The van der Waals surface area contributed by atoms with Crippen molar-refractivity contribution >= 4 is 23.2 Å². The van der Waals surface area contributed by atoms with Gasteiger partial charge in [0, 0.05) is 23.4 Å². The first-order chi connectivity index (χ1) is 11.1. The first-order valence-electron chi connectivity index (χ1n) is 7.76. The maximum atomic E-state index is 12.1. The Kier molecular flexibility index (Phi) is 5.86. The summed E-state index contributed by atoms with van der Waals surface area (Å²) in [6.45, 7) is 4.00. The van der Waals surface area contributed by atoms with Gasteiger partial charge in [-0.05, 0) is 49.2 Å². The Morgan fingerprint density at radius 3 is 2.26 bits per heavy atom. The fraction of sp³-hybridized carbons (Fsp3) is 0.278. The van der Waals surface area contributed by atoms with Crippen molar-refractivity contribution in [1.82, 2.24) is 4.98 Å². The molecule has 0 aliphatic carbocycles. The summed E-state index contributed by atoms with van der Waals surface area (Å²) in [6.07, 6.45) is 4.86. The molecule has 0 saturated heterocycles. The minimum atomic E-state index is -0.212. The van der Waals surface area contributed by atoms with Gasteiger partial charge in [-0.2, -0.15) is 0 Å². The molecule has 0 atom stereocenters. The van der Waals surface area contributed by atoms with Crippen molar-refractivity contribution in [2.45, 2.75) is 26.7 Å².